The summed E-state index contributed by atoms with van der Waals surface area (Å²) in [6.45, 7) is 0. The first-order valence-electron chi connectivity index (χ1n) is 8.10. The van der Waals surface area contributed by atoms with Gasteiger partial charge in [-0.2, -0.15) is 0 Å². The van der Waals surface area contributed by atoms with Crippen LogP contribution in [0.5, 0.6) is 5.75 Å². The summed E-state index contributed by atoms with van der Waals surface area (Å²) in [6, 6.07) is 13.3. The Morgan fingerprint density at radius 3 is 2.50 bits per heavy atom. The van der Waals surface area contributed by atoms with Crippen LogP contribution in [0.2, 0.25) is 0 Å². The lowest BCUT2D eigenvalue weighted by atomic mass is 10.3. The summed E-state index contributed by atoms with van der Waals surface area (Å²) < 4.78 is 45.6. The fraction of sp³-hybridized carbons (Fsp3) is 0.105. The summed E-state index contributed by atoms with van der Waals surface area (Å²) in [5, 5.41) is 4.05. The van der Waals surface area contributed by atoms with Gasteiger partial charge in [0.15, 0.2) is 0 Å². The van der Waals surface area contributed by atoms with Crippen LogP contribution in [0.4, 0.5) is 15.8 Å². The third-order valence-corrected chi connectivity index (χ3v) is 6.86. The Morgan fingerprint density at radius 1 is 1.14 bits per heavy atom. The Labute approximate surface area is 166 Å². The number of ether oxygens (including phenoxy) is 1. The van der Waals surface area contributed by atoms with Gasteiger partial charge < -0.3 is 10.1 Å². The standard InChI is InChI=1S/C19H17FN2O4S2/c1-22(15-6-8-16(26-2)9-7-15)28(24,25)17-10-11-27-18(17)19(23)21-14-5-3-4-13(20)12-14/h3-12H,1-2H3,(H,21,23). The number of sulfonamides is 1. The second-order valence-electron chi connectivity index (χ2n) is 5.75. The molecule has 3 rings (SSSR count). The maximum absolute atomic E-state index is 13.3. The van der Waals surface area contributed by atoms with Crippen LogP contribution in [0.25, 0.3) is 0 Å². The van der Waals surface area contributed by atoms with E-state index < -0.39 is 21.7 Å². The van der Waals surface area contributed by atoms with Gasteiger partial charge in [0, 0.05) is 12.7 Å². The molecule has 0 radical (unpaired) electrons. The van der Waals surface area contributed by atoms with Gasteiger partial charge in [-0.05, 0) is 53.9 Å². The van der Waals surface area contributed by atoms with Gasteiger partial charge in [-0.25, -0.2) is 12.8 Å². The Kier molecular flexibility index (Phi) is 5.66. The number of carbonyl (C=O) groups is 1. The Bertz CT molecular complexity index is 1100. The number of hydrogen-bond donors (Lipinski definition) is 1. The van der Waals surface area contributed by atoms with Crippen molar-refractivity contribution in [2.45, 2.75) is 4.90 Å². The second-order valence-corrected chi connectivity index (χ2v) is 8.60. The smallest absolute Gasteiger partial charge is 0.267 e. The van der Waals surface area contributed by atoms with E-state index in [1.165, 1.54) is 43.8 Å². The van der Waals surface area contributed by atoms with Gasteiger partial charge in [-0.15, -0.1) is 11.3 Å². The molecule has 0 aliphatic carbocycles. The van der Waals surface area contributed by atoms with Crippen molar-refractivity contribution in [1.82, 2.24) is 0 Å². The molecule has 0 saturated heterocycles. The lowest BCUT2D eigenvalue weighted by molar-refractivity contribution is 0.102. The molecular formula is C19H17FN2O4S2. The van der Waals surface area contributed by atoms with Crippen LogP contribution in [-0.4, -0.2) is 28.5 Å². The first-order chi connectivity index (χ1) is 13.3. The summed E-state index contributed by atoms with van der Waals surface area (Å²) in [7, 11) is -1.05. The highest BCUT2D eigenvalue weighted by atomic mass is 32.2. The molecule has 0 atom stereocenters. The van der Waals surface area contributed by atoms with Crippen LogP contribution in [-0.2, 0) is 10.0 Å². The van der Waals surface area contributed by atoms with Crippen LogP contribution in [0, 0.1) is 5.82 Å². The lowest BCUT2D eigenvalue weighted by Crippen LogP contribution is -2.28. The molecule has 1 aromatic heterocycles. The van der Waals surface area contributed by atoms with Crippen LogP contribution in [0.15, 0.2) is 64.9 Å². The minimum atomic E-state index is -3.98. The molecular weight excluding hydrogens is 403 g/mol. The quantitative estimate of drug-likeness (QED) is 0.655. The predicted molar refractivity (Wildman–Crippen MR) is 107 cm³/mol. The van der Waals surface area contributed by atoms with Crippen LogP contribution in [0.1, 0.15) is 9.67 Å². The van der Waals surface area contributed by atoms with Gasteiger partial charge in [0.05, 0.1) is 12.8 Å². The summed E-state index contributed by atoms with van der Waals surface area (Å²) in [6.07, 6.45) is 0. The van der Waals surface area contributed by atoms with Crippen molar-refractivity contribution in [3.05, 3.63) is 70.7 Å². The third kappa shape index (κ3) is 4.00. The van der Waals surface area contributed by atoms with Crippen molar-refractivity contribution in [2.75, 3.05) is 23.8 Å². The molecule has 1 heterocycles. The molecule has 0 unspecified atom stereocenters. The van der Waals surface area contributed by atoms with E-state index in [0.717, 1.165) is 21.7 Å². The minimum Gasteiger partial charge on any atom is -0.497 e. The molecule has 0 fully saturated rings. The number of methoxy groups -OCH3 is 1. The fourth-order valence-corrected chi connectivity index (χ4v) is 4.99. The van der Waals surface area contributed by atoms with E-state index in [-0.39, 0.29) is 15.5 Å². The van der Waals surface area contributed by atoms with Gasteiger partial charge >= 0.3 is 0 Å². The molecule has 0 aliphatic heterocycles. The van der Waals surface area contributed by atoms with Gasteiger partial charge in [0.25, 0.3) is 15.9 Å². The van der Waals surface area contributed by atoms with E-state index in [1.54, 1.807) is 24.3 Å². The maximum atomic E-state index is 13.3. The molecule has 146 valence electrons. The average molecular weight is 420 g/mol. The lowest BCUT2D eigenvalue weighted by Gasteiger charge is -2.20. The number of benzene rings is 2. The van der Waals surface area contributed by atoms with Crippen molar-refractivity contribution in [2.24, 2.45) is 0 Å². The molecule has 0 spiro atoms. The molecule has 28 heavy (non-hydrogen) atoms. The monoisotopic (exact) mass is 420 g/mol. The van der Waals surface area contributed by atoms with E-state index in [9.17, 15) is 17.6 Å². The zero-order valence-electron chi connectivity index (χ0n) is 15.0. The van der Waals surface area contributed by atoms with E-state index in [0.29, 0.717) is 11.4 Å². The topological polar surface area (TPSA) is 75.7 Å². The third-order valence-electron chi connectivity index (χ3n) is 3.99. The number of nitrogens with zero attached hydrogens (tertiary/aromatic N) is 1. The predicted octanol–water partition coefficient (Wildman–Crippen LogP) is 3.97. The maximum Gasteiger partial charge on any atom is 0.267 e. The number of anilines is 2. The van der Waals surface area contributed by atoms with Crippen molar-refractivity contribution >= 4 is 38.6 Å². The summed E-state index contributed by atoms with van der Waals surface area (Å²) >= 11 is 0.995. The number of halogens is 1. The Balaban J connectivity index is 1.89. The number of thiophene rings is 1. The van der Waals surface area contributed by atoms with Crippen LogP contribution < -0.4 is 14.4 Å². The van der Waals surface area contributed by atoms with Crippen molar-refractivity contribution in [3.63, 3.8) is 0 Å². The highest BCUT2D eigenvalue weighted by molar-refractivity contribution is 7.93. The number of amides is 1. The zero-order chi connectivity index (χ0) is 20.3. The molecule has 6 nitrogen and oxygen atoms in total. The Morgan fingerprint density at radius 2 is 1.86 bits per heavy atom. The molecule has 1 N–H and O–H groups in total. The van der Waals surface area contributed by atoms with E-state index >= 15 is 0 Å². The first kappa shape index (κ1) is 19.8. The van der Waals surface area contributed by atoms with E-state index in [2.05, 4.69) is 5.32 Å². The minimum absolute atomic E-state index is 0.0182. The normalized spacial score (nSPS) is 11.1. The highest BCUT2D eigenvalue weighted by Crippen LogP contribution is 2.29. The van der Waals surface area contributed by atoms with Gasteiger partial charge in [-0.3, -0.25) is 9.10 Å². The summed E-state index contributed by atoms with van der Waals surface area (Å²) in [4.78, 5) is 12.5. The number of rotatable bonds is 6. The molecule has 1 amide bonds. The summed E-state index contributed by atoms with van der Waals surface area (Å²) in [5.74, 6) is -0.529. The van der Waals surface area contributed by atoms with Crippen molar-refractivity contribution in [3.8, 4) is 5.75 Å². The van der Waals surface area contributed by atoms with Crippen molar-refractivity contribution in [1.29, 1.82) is 0 Å². The second kappa shape index (κ2) is 7.99. The molecule has 0 bridgehead atoms. The van der Waals surface area contributed by atoms with Gasteiger partial charge in [0.1, 0.15) is 21.3 Å². The average Bonchev–Trinajstić information content (AvgIpc) is 3.18. The molecule has 2 aromatic carbocycles. The van der Waals surface area contributed by atoms with E-state index in [4.69, 9.17) is 4.74 Å². The van der Waals surface area contributed by atoms with Crippen LogP contribution in [0.3, 0.4) is 0 Å². The molecule has 0 saturated carbocycles. The fourth-order valence-electron chi connectivity index (χ4n) is 2.50. The highest BCUT2D eigenvalue weighted by Gasteiger charge is 2.28. The van der Waals surface area contributed by atoms with Crippen molar-refractivity contribution < 1.29 is 22.3 Å². The molecule has 0 aliphatic rings. The van der Waals surface area contributed by atoms with Crippen LogP contribution >= 0.6 is 11.3 Å². The Hall–Kier alpha value is -2.91. The van der Waals surface area contributed by atoms with E-state index in [1.807, 2.05) is 0 Å². The number of hydrogen-bond acceptors (Lipinski definition) is 5. The summed E-state index contributed by atoms with van der Waals surface area (Å²) in [5.41, 5.74) is 0.661. The van der Waals surface area contributed by atoms with Gasteiger partial charge in [0.2, 0.25) is 0 Å². The zero-order valence-corrected chi connectivity index (χ0v) is 16.7. The SMILES string of the molecule is COc1ccc(N(C)S(=O)(=O)c2ccsc2C(=O)Nc2cccc(F)c2)cc1. The molecule has 3 aromatic rings. The number of carbonyl (C=O) groups excluding carboxylic acids is 1. The molecule has 9 heteroatoms. The largest absolute Gasteiger partial charge is 0.497 e. The number of nitrogens with one attached hydrogen (secondary N) is 1. The van der Waals surface area contributed by atoms with Gasteiger partial charge in [-0.1, -0.05) is 6.07 Å². The first-order valence-corrected chi connectivity index (χ1v) is 10.4.